The Labute approximate surface area is 195 Å². The average molecular weight is 469 g/mol. The van der Waals surface area contributed by atoms with E-state index < -0.39 is 36.0 Å². The summed E-state index contributed by atoms with van der Waals surface area (Å²) in [5.74, 6) is -1.58. The molecule has 0 unspecified atom stereocenters. The number of rotatable bonds is 7. The highest BCUT2D eigenvalue weighted by molar-refractivity contribution is 5.89. The lowest BCUT2D eigenvalue weighted by atomic mass is 9.99. The highest BCUT2D eigenvalue weighted by Crippen LogP contribution is 2.27. The second kappa shape index (κ2) is 10.1. The maximum atomic E-state index is 14.7. The minimum atomic E-state index is -1.32. The second-order valence-electron chi connectivity index (χ2n) is 8.68. The number of H-pyrrole nitrogens is 1. The minimum Gasteiger partial charge on any atom is -0.342 e. The Bertz CT molecular complexity index is 1140. The van der Waals surface area contributed by atoms with Crippen LogP contribution in [0, 0.1) is 5.95 Å². The molecule has 8 nitrogen and oxygen atoms in total. The van der Waals surface area contributed by atoms with Crippen molar-refractivity contribution in [1.82, 2.24) is 30.6 Å². The fourth-order valence-corrected chi connectivity index (χ4v) is 4.14. The van der Waals surface area contributed by atoms with Gasteiger partial charge < -0.3 is 10.2 Å². The number of halogens is 2. The molecule has 0 bridgehead atoms. The number of benzene rings is 1. The molecule has 1 fully saturated rings. The van der Waals surface area contributed by atoms with Crippen molar-refractivity contribution < 1.29 is 18.4 Å². The molecular weight excluding hydrogens is 442 g/mol. The minimum absolute atomic E-state index is 0.0454. The molecule has 1 aliphatic rings. The van der Waals surface area contributed by atoms with Gasteiger partial charge in [-0.1, -0.05) is 55.5 Å². The average Bonchev–Trinajstić information content (AvgIpc) is 3.47. The third-order valence-corrected chi connectivity index (χ3v) is 5.92. The molecule has 0 saturated carbocycles. The van der Waals surface area contributed by atoms with E-state index in [1.807, 2.05) is 19.9 Å². The van der Waals surface area contributed by atoms with Crippen molar-refractivity contribution >= 4 is 11.8 Å². The number of hydrogen-bond donors (Lipinski definition) is 2. The fraction of sp³-hybridized carbons (Fsp3) is 0.375. The summed E-state index contributed by atoms with van der Waals surface area (Å²) in [6, 6.07) is 10.6. The van der Waals surface area contributed by atoms with Crippen LogP contribution in [0.5, 0.6) is 0 Å². The van der Waals surface area contributed by atoms with Gasteiger partial charge in [0.2, 0.25) is 17.8 Å². The fourth-order valence-electron chi connectivity index (χ4n) is 4.14. The zero-order valence-electron chi connectivity index (χ0n) is 18.9. The molecule has 3 atom stereocenters. The van der Waals surface area contributed by atoms with Gasteiger partial charge in [-0.25, -0.2) is 9.37 Å². The van der Waals surface area contributed by atoms with Crippen molar-refractivity contribution in [2.75, 3.05) is 6.54 Å². The number of nitrogens with zero attached hydrogens (tertiary/aromatic N) is 4. The number of aromatic amines is 1. The van der Waals surface area contributed by atoms with E-state index in [1.165, 1.54) is 11.1 Å². The third kappa shape index (κ3) is 5.11. The maximum Gasteiger partial charge on any atom is 0.243 e. The maximum absolute atomic E-state index is 14.7. The molecule has 178 valence electrons. The van der Waals surface area contributed by atoms with E-state index in [4.69, 9.17) is 0 Å². The molecule has 3 heterocycles. The Hall–Kier alpha value is -3.69. The molecule has 3 aromatic rings. The van der Waals surface area contributed by atoms with Crippen LogP contribution < -0.4 is 5.32 Å². The van der Waals surface area contributed by atoms with Crippen LogP contribution in [0.4, 0.5) is 8.78 Å². The normalized spacial score (nSPS) is 18.8. The third-order valence-electron chi connectivity index (χ3n) is 5.92. The van der Waals surface area contributed by atoms with Crippen LogP contribution in [0.2, 0.25) is 0 Å². The van der Waals surface area contributed by atoms with Crippen molar-refractivity contribution in [1.29, 1.82) is 0 Å². The predicted octanol–water partition coefficient (Wildman–Crippen LogP) is 2.85. The zero-order chi connectivity index (χ0) is 24.2. The first kappa shape index (κ1) is 23.5. The van der Waals surface area contributed by atoms with Crippen LogP contribution in [0.1, 0.15) is 54.7 Å². The summed E-state index contributed by atoms with van der Waals surface area (Å²) in [5, 5.41) is 12.7. The van der Waals surface area contributed by atoms with Gasteiger partial charge in [-0.15, -0.1) is 5.10 Å². The smallest absolute Gasteiger partial charge is 0.243 e. The molecule has 1 saturated heterocycles. The number of carbonyl (C=O) groups excluding carboxylic acids is 2. The van der Waals surface area contributed by atoms with E-state index in [1.54, 1.807) is 36.4 Å². The van der Waals surface area contributed by atoms with Crippen LogP contribution in [-0.2, 0) is 16.0 Å². The van der Waals surface area contributed by atoms with E-state index in [0.29, 0.717) is 22.5 Å². The number of aromatic nitrogens is 4. The van der Waals surface area contributed by atoms with Gasteiger partial charge in [-0.05, 0) is 17.5 Å². The quantitative estimate of drug-likeness (QED) is 0.519. The summed E-state index contributed by atoms with van der Waals surface area (Å²) in [6.45, 7) is 3.56. The number of hydrogen-bond acceptors (Lipinski definition) is 5. The van der Waals surface area contributed by atoms with E-state index in [2.05, 4.69) is 25.7 Å². The summed E-state index contributed by atoms with van der Waals surface area (Å²) in [6.07, 6.45) is -0.109. The largest absolute Gasteiger partial charge is 0.342 e. The lowest BCUT2D eigenvalue weighted by Crippen LogP contribution is -2.47. The van der Waals surface area contributed by atoms with Gasteiger partial charge in [0, 0.05) is 12.0 Å². The lowest BCUT2D eigenvalue weighted by Gasteiger charge is -2.26. The van der Waals surface area contributed by atoms with Crippen LogP contribution in [0.15, 0.2) is 48.7 Å². The van der Waals surface area contributed by atoms with Gasteiger partial charge in [0.25, 0.3) is 0 Å². The van der Waals surface area contributed by atoms with Gasteiger partial charge >= 0.3 is 0 Å². The molecule has 0 radical (unpaired) electrons. The number of alkyl halides is 1. The highest BCUT2D eigenvalue weighted by Gasteiger charge is 2.40. The molecule has 2 aromatic heterocycles. The number of carbonyl (C=O) groups is 2. The van der Waals surface area contributed by atoms with Gasteiger partial charge in [0.1, 0.15) is 12.2 Å². The Morgan fingerprint density at radius 1 is 1.21 bits per heavy atom. The molecule has 0 spiro atoms. The summed E-state index contributed by atoms with van der Waals surface area (Å²) in [4.78, 5) is 31.4. The van der Waals surface area contributed by atoms with E-state index >= 15 is 0 Å². The predicted molar refractivity (Wildman–Crippen MR) is 120 cm³/mol. The molecule has 0 aliphatic carbocycles. The Balaban J connectivity index is 1.59. The summed E-state index contributed by atoms with van der Waals surface area (Å²) in [7, 11) is 0. The van der Waals surface area contributed by atoms with Crippen molar-refractivity contribution in [3.05, 3.63) is 77.1 Å². The molecule has 2 amide bonds. The standard InChI is InChI=1S/C24H26F2N6O2/c1-14(2)18-8-9-19(28-23(18)26)22(15-6-4-3-5-7-15)29-24(34)20-10-16(25)13-32(20)21(33)11-17-12-27-31-30-17/h3-9,12,14,16,20,22H,10-11,13H2,1-2H3,(H,29,34)(H,27,30,31)/t16-,20+,22-/m1/s1. The molecular formula is C24H26F2N6O2. The van der Waals surface area contributed by atoms with Gasteiger partial charge in [0.15, 0.2) is 0 Å². The van der Waals surface area contributed by atoms with Crippen LogP contribution >= 0.6 is 0 Å². The Morgan fingerprint density at radius 3 is 2.62 bits per heavy atom. The zero-order valence-corrected chi connectivity index (χ0v) is 18.9. The summed E-state index contributed by atoms with van der Waals surface area (Å²) >= 11 is 0. The number of likely N-dealkylation sites (tertiary alicyclic amines) is 1. The van der Waals surface area contributed by atoms with Crippen LogP contribution in [0.25, 0.3) is 0 Å². The molecule has 34 heavy (non-hydrogen) atoms. The van der Waals surface area contributed by atoms with E-state index in [-0.39, 0.29) is 25.3 Å². The second-order valence-corrected chi connectivity index (χ2v) is 8.68. The van der Waals surface area contributed by atoms with Crippen molar-refractivity contribution in [3.8, 4) is 0 Å². The number of amides is 2. The molecule has 2 N–H and O–H groups in total. The molecule has 1 aromatic carbocycles. The first-order valence-electron chi connectivity index (χ1n) is 11.1. The summed E-state index contributed by atoms with van der Waals surface area (Å²) in [5.41, 5.74) is 1.95. The van der Waals surface area contributed by atoms with Crippen molar-refractivity contribution in [3.63, 3.8) is 0 Å². The molecule has 10 heteroatoms. The molecule has 4 rings (SSSR count). The highest BCUT2D eigenvalue weighted by atomic mass is 19.1. The Kier molecular flexibility index (Phi) is 6.95. The first-order valence-corrected chi connectivity index (χ1v) is 11.1. The van der Waals surface area contributed by atoms with Gasteiger partial charge in [-0.2, -0.15) is 4.39 Å². The van der Waals surface area contributed by atoms with E-state index in [0.717, 1.165) is 0 Å². The SMILES string of the molecule is CC(C)c1ccc([C@H](NC(=O)[C@@H]2C[C@@H](F)CN2C(=O)Cc2cnn[nH]2)c2ccccc2)nc1F. The van der Waals surface area contributed by atoms with Crippen molar-refractivity contribution in [2.45, 2.75) is 50.9 Å². The monoisotopic (exact) mass is 468 g/mol. The summed E-state index contributed by atoms with van der Waals surface area (Å²) < 4.78 is 29.0. The number of pyridine rings is 1. The lowest BCUT2D eigenvalue weighted by molar-refractivity contribution is -0.138. The van der Waals surface area contributed by atoms with Crippen LogP contribution in [0.3, 0.4) is 0 Å². The molecule has 1 aliphatic heterocycles. The van der Waals surface area contributed by atoms with Gasteiger partial charge in [-0.3, -0.25) is 14.7 Å². The topological polar surface area (TPSA) is 104 Å². The van der Waals surface area contributed by atoms with Crippen molar-refractivity contribution in [2.24, 2.45) is 0 Å². The Morgan fingerprint density at radius 2 is 1.97 bits per heavy atom. The van der Waals surface area contributed by atoms with E-state index in [9.17, 15) is 18.4 Å². The van der Waals surface area contributed by atoms with Gasteiger partial charge in [0.05, 0.1) is 36.6 Å². The first-order chi connectivity index (χ1) is 16.3. The number of nitrogens with one attached hydrogen (secondary N) is 2. The van der Waals surface area contributed by atoms with Crippen LogP contribution in [-0.4, -0.2) is 55.9 Å².